The zero-order valence-electron chi connectivity index (χ0n) is 11.4. The fourth-order valence-electron chi connectivity index (χ4n) is 1.83. The van der Waals surface area contributed by atoms with Gasteiger partial charge < -0.3 is 0 Å². The van der Waals surface area contributed by atoms with Gasteiger partial charge in [-0.2, -0.15) is 4.31 Å². The van der Waals surface area contributed by atoms with Crippen molar-refractivity contribution in [3.63, 3.8) is 0 Å². The van der Waals surface area contributed by atoms with Crippen LogP contribution >= 0.6 is 11.6 Å². The van der Waals surface area contributed by atoms with Gasteiger partial charge in [0.2, 0.25) is 10.0 Å². The molecule has 0 N–H and O–H groups in total. The van der Waals surface area contributed by atoms with E-state index in [2.05, 4.69) is 0 Å². The first-order valence-corrected chi connectivity index (χ1v) is 8.18. The topological polar surface area (TPSA) is 37.4 Å². The molecule has 0 fully saturated rings. The Labute approximate surface area is 119 Å². The Balaban J connectivity index is 3.25. The van der Waals surface area contributed by atoms with Crippen LogP contribution in [0.5, 0.6) is 0 Å². The molecule has 6 heteroatoms. The van der Waals surface area contributed by atoms with Gasteiger partial charge in [0.05, 0.1) is 10.8 Å². The second-order valence-electron chi connectivity index (χ2n) is 4.60. The van der Waals surface area contributed by atoms with Crippen LogP contribution in [0.1, 0.15) is 32.8 Å². The monoisotopic (exact) mass is 307 g/mol. The van der Waals surface area contributed by atoms with Gasteiger partial charge in [-0.25, -0.2) is 12.8 Å². The van der Waals surface area contributed by atoms with Gasteiger partial charge in [-0.15, -0.1) is 11.6 Å². The Morgan fingerprint density at radius 1 is 1.37 bits per heavy atom. The summed E-state index contributed by atoms with van der Waals surface area (Å²) in [6.45, 7) is 5.99. The van der Waals surface area contributed by atoms with Crippen molar-refractivity contribution in [3.05, 3.63) is 29.6 Å². The van der Waals surface area contributed by atoms with Crippen molar-refractivity contribution >= 4 is 21.6 Å². The Hall–Kier alpha value is -0.650. The Bertz CT molecular complexity index is 531. The van der Waals surface area contributed by atoms with Crippen LogP contribution in [0.25, 0.3) is 0 Å². The summed E-state index contributed by atoms with van der Waals surface area (Å²) in [5, 5.41) is 0. The van der Waals surface area contributed by atoms with Gasteiger partial charge in [-0.1, -0.05) is 6.92 Å². The van der Waals surface area contributed by atoms with Gasteiger partial charge in [0.25, 0.3) is 0 Å². The summed E-state index contributed by atoms with van der Waals surface area (Å²) in [6, 6.07) is 3.60. The van der Waals surface area contributed by atoms with E-state index in [1.165, 1.54) is 16.4 Å². The van der Waals surface area contributed by atoms with E-state index in [-0.39, 0.29) is 22.4 Å². The molecule has 0 atom stereocenters. The molecule has 108 valence electrons. The second-order valence-corrected chi connectivity index (χ2v) is 6.75. The molecule has 0 bridgehead atoms. The molecule has 0 heterocycles. The Morgan fingerprint density at radius 3 is 2.47 bits per heavy atom. The average Bonchev–Trinajstić information content (AvgIpc) is 2.35. The largest absolute Gasteiger partial charge is 0.243 e. The molecule has 0 amide bonds. The zero-order chi connectivity index (χ0) is 14.6. The molecule has 0 aromatic heterocycles. The molecule has 1 rings (SSSR count). The first kappa shape index (κ1) is 16.4. The molecule has 0 aliphatic carbocycles. The molecule has 0 saturated heterocycles. The van der Waals surface area contributed by atoms with Crippen molar-refractivity contribution in [1.29, 1.82) is 0 Å². The second kappa shape index (κ2) is 6.68. The maximum Gasteiger partial charge on any atom is 0.243 e. The highest BCUT2D eigenvalue weighted by Crippen LogP contribution is 2.22. The summed E-state index contributed by atoms with van der Waals surface area (Å²) < 4.78 is 39.8. The normalized spacial score (nSPS) is 12.4. The van der Waals surface area contributed by atoms with Crippen LogP contribution in [-0.4, -0.2) is 25.3 Å². The van der Waals surface area contributed by atoms with Crippen molar-refractivity contribution in [3.8, 4) is 0 Å². The van der Waals surface area contributed by atoms with Crippen LogP contribution in [0.15, 0.2) is 23.1 Å². The lowest BCUT2D eigenvalue weighted by molar-refractivity contribution is 0.354. The smallest absolute Gasteiger partial charge is 0.207 e. The quantitative estimate of drug-likeness (QED) is 0.756. The van der Waals surface area contributed by atoms with Crippen LogP contribution in [-0.2, 0) is 15.9 Å². The SMILES string of the molecule is CCCN(C(C)C)S(=O)(=O)c1ccc(F)c(CCl)c1. The van der Waals surface area contributed by atoms with Crippen molar-refractivity contribution < 1.29 is 12.8 Å². The lowest BCUT2D eigenvalue weighted by atomic mass is 10.2. The standard InChI is InChI=1S/C13H19ClFNO2S/c1-4-7-16(10(2)3)19(17,18)12-5-6-13(15)11(8-12)9-14/h5-6,8,10H,4,7,9H2,1-3H3. The van der Waals surface area contributed by atoms with Crippen LogP contribution in [0.2, 0.25) is 0 Å². The maximum atomic E-state index is 13.4. The summed E-state index contributed by atoms with van der Waals surface area (Å²) in [5.74, 6) is -0.537. The number of benzene rings is 1. The Kier molecular flexibility index (Phi) is 5.77. The maximum absolute atomic E-state index is 13.4. The first-order chi connectivity index (χ1) is 8.84. The van der Waals surface area contributed by atoms with Crippen LogP contribution in [0, 0.1) is 5.82 Å². The molecule has 0 aliphatic heterocycles. The van der Waals surface area contributed by atoms with Gasteiger partial charge in [0, 0.05) is 18.2 Å². The van der Waals surface area contributed by atoms with E-state index >= 15 is 0 Å². The van der Waals surface area contributed by atoms with Gasteiger partial charge in [-0.3, -0.25) is 0 Å². The van der Waals surface area contributed by atoms with Crippen molar-refractivity contribution in [2.75, 3.05) is 6.54 Å². The molecule has 0 unspecified atom stereocenters. The molecular formula is C13H19ClFNO2S. The average molecular weight is 308 g/mol. The van der Waals surface area contributed by atoms with E-state index in [0.29, 0.717) is 6.54 Å². The van der Waals surface area contributed by atoms with E-state index in [0.717, 1.165) is 12.5 Å². The predicted octanol–water partition coefficient (Wildman–Crippen LogP) is 3.37. The lowest BCUT2D eigenvalue weighted by Gasteiger charge is -2.25. The lowest BCUT2D eigenvalue weighted by Crippen LogP contribution is -2.37. The fraction of sp³-hybridized carbons (Fsp3) is 0.538. The van der Waals surface area contributed by atoms with Crippen molar-refractivity contribution in [2.24, 2.45) is 0 Å². The molecule has 0 spiro atoms. The highest BCUT2D eigenvalue weighted by Gasteiger charge is 2.26. The summed E-state index contributed by atoms with van der Waals surface area (Å²) >= 11 is 5.61. The van der Waals surface area contributed by atoms with Crippen LogP contribution in [0.3, 0.4) is 0 Å². The molecule has 3 nitrogen and oxygen atoms in total. The van der Waals surface area contributed by atoms with Gasteiger partial charge >= 0.3 is 0 Å². The molecular weight excluding hydrogens is 289 g/mol. The number of hydrogen-bond donors (Lipinski definition) is 0. The van der Waals surface area contributed by atoms with Gasteiger partial charge in [0.15, 0.2) is 0 Å². The highest BCUT2D eigenvalue weighted by atomic mass is 35.5. The number of nitrogens with zero attached hydrogens (tertiary/aromatic N) is 1. The summed E-state index contributed by atoms with van der Waals surface area (Å²) in [5.41, 5.74) is 0.197. The minimum Gasteiger partial charge on any atom is -0.207 e. The number of alkyl halides is 1. The third-order valence-corrected chi connectivity index (χ3v) is 5.15. The highest BCUT2D eigenvalue weighted by molar-refractivity contribution is 7.89. The summed E-state index contributed by atoms with van der Waals surface area (Å²) in [7, 11) is -3.60. The van der Waals surface area contributed by atoms with E-state index < -0.39 is 15.8 Å². The third-order valence-electron chi connectivity index (χ3n) is 2.79. The minimum absolute atomic E-state index is 0.0509. The van der Waals surface area contributed by atoms with Crippen molar-refractivity contribution in [2.45, 2.75) is 44.0 Å². The number of halogens is 2. The van der Waals surface area contributed by atoms with E-state index in [4.69, 9.17) is 11.6 Å². The number of hydrogen-bond acceptors (Lipinski definition) is 2. The van der Waals surface area contributed by atoms with Crippen LogP contribution < -0.4 is 0 Å². The van der Waals surface area contributed by atoms with Crippen LogP contribution in [0.4, 0.5) is 4.39 Å². The number of sulfonamides is 1. The molecule has 0 saturated carbocycles. The first-order valence-electron chi connectivity index (χ1n) is 6.20. The summed E-state index contributed by atoms with van der Waals surface area (Å²) in [6.07, 6.45) is 0.723. The zero-order valence-corrected chi connectivity index (χ0v) is 12.9. The molecule has 0 radical (unpaired) electrons. The van der Waals surface area contributed by atoms with E-state index in [1.807, 2.05) is 20.8 Å². The van der Waals surface area contributed by atoms with Crippen molar-refractivity contribution in [1.82, 2.24) is 4.31 Å². The third kappa shape index (κ3) is 3.68. The predicted molar refractivity (Wildman–Crippen MR) is 75.3 cm³/mol. The van der Waals surface area contributed by atoms with E-state index in [1.54, 1.807) is 0 Å². The molecule has 19 heavy (non-hydrogen) atoms. The van der Waals surface area contributed by atoms with Gasteiger partial charge in [0.1, 0.15) is 5.82 Å². The Morgan fingerprint density at radius 2 is 2.00 bits per heavy atom. The van der Waals surface area contributed by atoms with E-state index in [9.17, 15) is 12.8 Å². The fourth-order valence-corrected chi connectivity index (χ4v) is 3.81. The minimum atomic E-state index is -3.60. The molecule has 0 aliphatic rings. The summed E-state index contributed by atoms with van der Waals surface area (Å²) in [4.78, 5) is 0.0895. The number of rotatable bonds is 6. The van der Waals surface area contributed by atoms with Gasteiger partial charge in [-0.05, 0) is 38.5 Å². The molecule has 1 aromatic carbocycles. The molecule has 1 aromatic rings.